The zero-order valence-corrected chi connectivity index (χ0v) is 16.7. The Labute approximate surface area is 170 Å². The van der Waals surface area contributed by atoms with E-state index in [-0.39, 0.29) is 12.4 Å². The van der Waals surface area contributed by atoms with Gasteiger partial charge >= 0.3 is 0 Å². The highest BCUT2D eigenvalue weighted by molar-refractivity contribution is 7.80. The van der Waals surface area contributed by atoms with Crippen LogP contribution in [0.5, 0.6) is 11.5 Å². The summed E-state index contributed by atoms with van der Waals surface area (Å²) in [5.41, 5.74) is 3.97. The number of hydrogen-bond acceptors (Lipinski definition) is 3. The second-order valence-corrected chi connectivity index (χ2v) is 6.83. The maximum Gasteiger partial charge on any atom is 0.171 e. The summed E-state index contributed by atoms with van der Waals surface area (Å²) in [6.07, 6.45) is 0. The molecule has 0 amide bonds. The molecule has 0 fully saturated rings. The number of methoxy groups -OCH3 is 1. The monoisotopic (exact) mass is 395 g/mol. The molecule has 0 unspecified atom stereocenters. The van der Waals surface area contributed by atoms with Gasteiger partial charge in [-0.2, -0.15) is 0 Å². The fourth-order valence-corrected chi connectivity index (χ4v) is 3.07. The first-order valence-corrected chi connectivity index (χ1v) is 9.35. The Bertz CT molecular complexity index is 957. The van der Waals surface area contributed by atoms with Gasteiger partial charge in [-0.15, -0.1) is 0 Å². The van der Waals surface area contributed by atoms with Crippen LogP contribution >= 0.6 is 12.2 Å². The Morgan fingerprint density at radius 2 is 1.75 bits per heavy atom. The van der Waals surface area contributed by atoms with Crippen LogP contribution in [0.15, 0.2) is 66.7 Å². The van der Waals surface area contributed by atoms with E-state index >= 15 is 0 Å². The summed E-state index contributed by atoms with van der Waals surface area (Å²) >= 11 is 5.60. The number of nitrogens with one attached hydrogen (secondary N) is 1. The van der Waals surface area contributed by atoms with Gasteiger partial charge in [0.1, 0.15) is 17.4 Å². The lowest BCUT2D eigenvalue weighted by atomic mass is 10.1. The van der Waals surface area contributed by atoms with Crippen LogP contribution in [0.1, 0.15) is 22.3 Å². The van der Waals surface area contributed by atoms with Crippen molar-refractivity contribution >= 4 is 17.2 Å². The van der Waals surface area contributed by atoms with Crippen LogP contribution < -0.4 is 14.8 Å². The molecular formula is C23H22FNO2S. The van der Waals surface area contributed by atoms with Crippen molar-refractivity contribution in [3.8, 4) is 11.5 Å². The third-order valence-corrected chi connectivity index (χ3v) is 4.64. The van der Waals surface area contributed by atoms with E-state index in [1.54, 1.807) is 19.2 Å². The molecule has 28 heavy (non-hydrogen) atoms. The molecule has 1 N–H and O–H groups in total. The molecule has 3 nitrogen and oxygen atoms in total. The van der Waals surface area contributed by atoms with Gasteiger partial charge in [-0.05, 0) is 42.3 Å². The number of ether oxygens (including phenoxy) is 2. The molecule has 0 heterocycles. The third kappa shape index (κ3) is 5.08. The minimum atomic E-state index is -0.275. The second-order valence-electron chi connectivity index (χ2n) is 6.42. The van der Waals surface area contributed by atoms with Crippen molar-refractivity contribution in [2.75, 3.05) is 7.11 Å². The van der Waals surface area contributed by atoms with Crippen LogP contribution in [0.2, 0.25) is 0 Å². The highest BCUT2D eigenvalue weighted by Crippen LogP contribution is 2.32. The number of halogens is 1. The molecule has 3 aromatic carbocycles. The molecule has 0 aliphatic heterocycles. The molecular weight excluding hydrogens is 373 g/mol. The van der Waals surface area contributed by atoms with Crippen molar-refractivity contribution in [1.29, 1.82) is 0 Å². The summed E-state index contributed by atoms with van der Waals surface area (Å²) in [6, 6.07) is 20.1. The summed E-state index contributed by atoms with van der Waals surface area (Å²) in [5.74, 6) is 0.888. The molecule has 0 radical (unpaired) electrons. The Balaban J connectivity index is 1.75. The average molecular weight is 395 g/mol. The quantitative estimate of drug-likeness (QED) is 0.558. The number of hydrogen-bond donors (Lipinski definition) is 1. The Morgan fingerprint density at radius 3 is 2.46 bits per heavy atom. The first kappa shape index (κ1) is 19.8. The van der Waals surface area contributed by atoms with Crippen LogP contribution in [0.25, 0.3) is 0 Å². The Hall–Kier alpha value is -2.92. The number of aryl methyl sites for hydroxylation is 1. The molecule has 3 aromatic rings. The number of thiocarbonyl (C=S) groups is 1. The van der Waals surface area contributed by atoms with Crippen LogP contribution in [0.3, 0.4) is 0 Å². The molecule has 144 valence electrons. The molecule has 0 aliphatic rings. The zero-order valence-electron chi connectivity index (χ0n) is 15.9. The van der Waals surface area contributed by atoms with Crippen molar-refractivity contribution in [1.82, 2.24) is 5.32 Å². The average Bonchev–Trinajstić information content (AvgIpc) is 2.71. The van der Waals surface area contributed by atoms with Gasteiger partial charge in [-0.3, -0.25) is 0 Å². The minimum Gasteiger partial charge on any atom is -0.493 e. The van der Waals surface area contributed by atoms with Gasteiger partial charge in [0.25, 0.3) is 0 Å². The summed E-state index contributed by atoms with van der Waals surface area (Å²) in [6.45, 7) is 2.97. The molecule has 0 aromatic heterocycles. The van der Waals surface area contributed by atoms with E-state index in [2.05, 4.69) is 30.4 Å². The Kier molecular flexibility index (Phi) is 6.61. The fourth-order valence-electron chi connectivity index (χ4n) is 2.84. The highest BCUT2D eigenvalue weighted by Gasteiger charge is 2.15. The van der Waals surface area contributed by atoms with Gasteiger partial charge in [0.05, 0.1) is 12.7 Å². The molecule has 0 saturated carbocycles. The van der Waals surface area contributed by atoms with Crippen molar-refractivity contribution in [2.24, 2.45) is 0 Å². The van der Waals surface area contributed by atoms with E-state index in [0.29, 0.717) is 23.0 Å². The van der Waals surface area contributed by atoms with Gasteiger partial charge in [0, 0.05) is 6.54 Å². The van der Waals surface area contributed by atoms with Crippen LogP contribution in [-0.4, -0.2) is 12.1 Å². The molecule has 0 saturated heterocycles. The lowest BCUT2D eigenvalue weighted by Gasteiger charge is -2.17. The topological polar surface area (TPSA) is 30.5 Å². The Morgan fingerprint density at radius 1 is 1.00 bits per heavy atom. The second kappa shape index (κ2) is 9.33. The first-order valence-electron chi connectivity index (χ1n) is 8.95. The van der Waals surface area contributed by atoms with E-state index in [4.69, 9.17) is 21.7 Å². The van der Waals surface area contributed by atoms with Crippen LogP contribution in [0.4, 0.5) is 4.39 Å². The fraction of sp³-hybridized carbons (Fsp3) is 0.174. The molecule has 0 aliphatic carbocycles. The highest BCUT2D eigenvalue weighted by atomic mass is 32.1. The van der Waals surface area contributed by atoms with Crippen LogP contribution in [-0.2, 0) is 13.2 Å². The van der Waals surface area contributed by atoms with Crippen LogP contribution in [0, 0.1) is 12.7 Å². The van der Waals surface area contributed by atoms with Gasteiger partial charge in [-0.1, -0.05) is 60.2 Å². The number of para-hydroxylation sites is 1. The molecule has 0 bridgehead atoms. The number of benzene rings is 3. The predicted molar refractivity (Wildman–Crippen MR) is 113 cm³/mol. The lowest BCUT2D eigenvalue weighted by molar-refractivity contribution is 0.284. The van der Waals surface area contributed by atoms with E-state index in [9.17, 15) is 4.39 Å². The molecule has 3 rings (SSSR count). The van der Waals surface area contributed by atoms with Crippen molar-refractivity contribution in [3.63, 3.8) is 0 Å². The zero-order chi connectivity index (χ0) is 19.9. The van der Waals surface area contributed by atoms with Gasteiger partial charge in [0.2, 0.25) is 0 Å². The van der Waals surface area contributed by atoms with Crippen molar-refractivity contribution in [3.05, 3.63) is 94.8 Å². The number of rotatable bonds is 7. The van der Waals surface area contributed by atoms with Gasteiger partial charge in [-0.25, -0.2) is 4.39 Å². The largest absolute Gasteiger partial charge is 0.493 e. The summed E-state index contributed by atoms with van der Waals surface area (Å²) in [7, 11) is 1.59. The summed E-state index contributed by atoms with van der Waals surface area (Å²) in [5, 5.41) is 3.29. The molecule has 5 heteroatoms. The van der Waals surface area contributed by atoms with E-state index in [0.717, 1.165) is 16.7 Å². The molecule has 0 spiro atoms. The van der Waals surface area contributed by atoms with E-state index in [1.807, 2.05) is 24.3 Å². The SMILES string of the molecule is COc1cccc(C(=S)NCc2cccc(C)c2)c1OCc1ccc(F)cc1. The standard InChI is InChI=1S/C23H22FNO2S/c1-16-5-3-6-18(13-16)14-25-23(28)20-7-4-8-21(26-2)22(20)27-15-17-9-11-19(24)12-10-17/h3-13H,14-15H2,1-2H3,(H,25,28). The van der Waals surface area contributed by atoms with Gasteiger partial charge in [0.15, 0.2) is 11.5 Å². The van der Waals surface area contributed by atoms with Crippen molar-refractivity contribution in [2.45, 2.75) is 20.1 Å². The summed E-state index contributed by atoms with van der Waals surface area (Å²) < 4.78 is 24.6. The third-order valence-electron chi connectivity index (χ3n) is 4.28. The van der Waals surface area contributed by atoms with E-state index < -0.39 is 0 Å². The maximum absolute atomic E-state index is 13.1. The maximum atomic E-state index is 13.1. The van der Waals surface area contributed by atoms with E-state index in [1.165, 1.54) is 17.7 Å². The predicted octanol–water partition coefficient (Wildman–Crippen LogP) is 5.19. The smallest absolute Gasteiger partial charge is 0.171 e. The van der Waals surface area contributed by atoms with Gasteiger partial charge < -0.3 is 14.8 Å². The summed E-state index contributed by atoms with van der Waals surface area (Å²) in [4.78, 5) is 0.578. The normalized spacial score (nSPS) is 10.4. The van der Waals surface area contributed by atoms with Crippen molar-refractivity contribution < 1.29 is 13.9 Å². The molecule has 0 atom stereocenters. The minimum absolute atomic E-state index is 0.275. The first-order chi connectivity index (χ1) is 13.6. The lowest BCUT2D eigenvalue weighted by Crippen LogP contribution is -2.22.